The molecule has 8 nitrogen and oxygen atoms in total. The Morgan fingerprint density at radius 2 is 1.62 bits per heavy atom. The zero-order valence-electron chi connectivity index (χ0n) is 24.7. The largest absolute Gasteiger partial charge is 0.421 e. The number of nitrogens with one attached hydrogen (secondary N) is 3. The first-order chi connectivity index (χ1) is 20.2. The minimum Gasteiger partial charge on any atom is -0.371 e. The third-order valence-electron chi connectivity index (χ3n) is 8.81. The van der Waals surface area contributed by atoms with Crippen LogP contribution in [0.15, 0.2) is 30.5 Å². The minimum atomic E-state index is -4.63. The third kappa shape index (κ3) is 7.65. The van der Waals surface area contributed by atoms with E-state index in [1.165, 1.54) is 38.8 Å². The first-order valence-electron chi connectivity index (χ1n) is 15.5. The van der Waals surface area contributed by atoms with E-state index in [2.05, 4.69) is 35.7 Å². The predicted octanol–water partition coefficient (Wildman–Crippen LogP) is 6.19. The maximum atomic E-state index is 13.9. The van der Waals surface area contributed by atoms with Gasteiger partial charge in [0.05, 0.1) is 5.92 Å². The Labute approximate surface area is 246 Å². The molecule has 2 aromatic rings. The maximum absolute atomic E-state index is 13.9. The average Bonchev–Trinajstić information content (AvgIpc) is 3.24. The lowest BCUT2D eigenvalue weighted by Gasteiger charge is -2.39. The van der Waals surface area contributed by atoms with Gasteiger partial charge in [0, 0.05) is 48.8 Å². The minimum absolute atomic E-state index is 0.0401. The van der Waals surface area contributed by atoms with E-state index in [0.717, 1.165) is 44.2 Å². The van der Waals surface area contributed by atoms with E-state index >= 15 is 0 Å². The molecule has 11 heteroatoms. The predicted molar refractivity (Wildman–Crippen MR) is 160 cm³/mol. The number of benzene rings is 1. The van der Waals surface area contributed by atoms with Crippen molar-refractivity contribution in [3.63, 3.8) is 0 Å². The first-order valence-corrected chi connectivity index (χ1v) is 15.5. The van der Waals surface area contributed by atoms with Gasteiger partial charge in [-0.3, -0.25) is 4.79 Å². The van der Waals surface area contributed by atoms with Crippen LogP contribution in [0.3, 0.4) is 0 Å². The number of hydrogen-bond acceptors (Lipinski definition) is 7. The molecule has 1 aromatic carbocycles. The van der Waals surface area contributed by atoms with Gasteiger partial charge in [-0.15, -0.1) is 0 Å². The number of anilines is 4. The van der Waals surface area contributed by atoms with Crippen LogP contribution < -0.4 is 20.9 Å². The monoisotopic (exact) mass is 587 g/mol. The van der Waals surface area contributed by atoms with Crippen molar-refractivity contribution < 1.29 is 18.0 Å². The number of rotatable bonds is 8. The van der Waals surface area contributed by atoms with Gasteiger partial charge in [0.1, 0.15) is 11.4 Å². The highest BCUT2D eigenvalue weighted by Crippen LogP contribution is 2.37. The van der Waals surface area contributed by atoms with E-state index in [1.807, 2.05) is 38.1 Å². The van der Waals surface area contributed by atoms with Gasteiger partial charge in [0.25, 0.3) is 0 Å². The summed E-state index contributed by atoms with van der Waals surface area (Å²) in [5, 5.41) is 8.89. The summed E-state index contributed by atoms with van der Waals surface area (Å²) in [6.45, 7) is 8.22. The van der Waals surface area contributed by atoms with Crippen LogP contribution in [-0.4, -0.2) is 65.1 Å². The van der Waals surface area contributed by atoms with E-state index < -0.39 is 23.7 Å². The number of alkyl halides is 3. The molecule has 1 amide bonds. The van der Waals surface area contributed by atoms with Crippen LogP contribution in [-0.2, 0) is 11.0 Å². The highest BCUT2D eigenvalue weighted by atomic mass is 19.4. The normalized spacial score (nSPS) is 22.7. The lowest BCUT2D eigenvalue weighted by molar-refractivity contribution is -0.137. The molecule has 0 bridgehead atoms. The maximum Gasteiger partial charge on any atom is 0.421 e. The van der Waals surface area contributed by atoms with Gasteiger partial charge in [-0.05, 0) is 89.7 Å². The number of amides is 1. The van der Waals surface area contributed by atoms with E-state index in [-0.39, 0.29) is 23.7 Å². The summed E-state index contributed by atoms with van der Waals surface area (Å²) in [7, 11) is 0. The van der Waals surface area contributed by atoms with Crippen LogP contribution in [0.5, 0.6) is 0 Å². The van der Waals surface area contributed by atoms with Gasteiger partial charge in [-0.25, -0.2) is 4.98 Å². The van der Waals surface area contributed by atoms with E-state index in [9.17, 15) is 18.0 Å². The number of likely N-dealkylation sites (tertiary alicyclic amines) is 1. The molecule has 2 atom stereocenters. The van der Waals surface area contributed by atoms with E-state index in [4.69, 9.17) is 0 Å². The number of hydrogen-bond donors (Lipinski definition) is 3. The van der Waals surface area contributed by atoms with Crippen LogP contribution >= 0.6 is 0 Å². The van der Waals surface area contributed by atoms with Gasteiger partial charge in [0.2, 0.25) is 11.9 Å². The Morgan fingerprint density at radius 1 is 0.929 bits per heavy atom. The van der Waals surface area contributed by atoms with Crippen molar-refractivity contribution in [2.75, 3.05) is 41.7 Å². The summed E-state index contributed by atoms with van der Waals surface area (Å²) in [6, 6.07) is 8.09. The van der Waals surface area contributed by atoms with Gasteiger partial charge >= 0.3 is 6.18 Å². The van der Waals surface area contributed by atoms with Crippen molar-refractivity contribution in [3.8, 4) is 0 Å². The van der Waals surface area contributed by atoms with Crippen LogP contribution in [0.1, 0.15) is 77.2 Å². The highest BCUT2D eigenvalue weighted by Gasteiger charge is 2.39. The number of piperidine rings is 1. The van der Waals surface area contributed by atoms with Crippen molar-refractivity contribution in [1.29, 1.82) is 0 Å². The van der Waals surface area contributed by atoms with Gasteiger partial charge < -0.3 is 25.8 Å². The van der Waals surface area contributed by atoms with Crippen LogP contribution in [0.4, 0.5) is 36.3 Å². The molecule has 3 aliphatic rings. The highest BCUT2D eigenvalue weighted by molar-refractivity contribution is 5.80. The van der Waals surface area contributed by atoms with Crippen LogP contribution in [0, 0.1) is 5.92 Å². The number of halogens is 3. The summed E-state index contributed by atoms with van der Waals surface area (Å²) >= 11 is 0. The third-order valence-corrected chi connectivity index (χ3v) is 8.81. The Morgan fingerprint density at radius 3 is 2.26 bits per heavy atom. The number of carbonyl (C=O) groups excluding carboxylic acids is 1. The van der Waals surface area contributed by atoms with Crippen molar-refractivity contribution in [2.24, 2.45) is 5.92 Å². The second-order valence-corrected chi connectivity index (χ2v) is 12.2. The molecule has 42 heavy (non-hydrogen) atoms. The summed E-state index contributed by atoms with van der Waals surface area (Å²) in [6.07, 6.45) is 5.80. The summed E-state index contributed by atoms with van der Waals surface area (Å²) < 4.78 is 41.6. The molecular formula is C31H44F3N7O. The molecule has 3 fully saturated rings. The molecule has 2 aliphatic heterocycles. The zero-order chi connectivity index (χ0) is 29.7. The molecule has 0 spiro atoms. The molecule has 3 N–H and O–H groups in total. The molecule has 0 radical (unpaired) electrons. The van der Waals surface area contributed by atoms with Gasteiger partial charge in [0.15, 0.2) is 0 Å². The Kier molecular flexibility index (Phi) is 9.75. The lowest BCUT2D eigenvalue weighted by Crippen LogP contribution is -2.45. The molecule has 5 rings (SSSR count). The van der Waals surface area contributed by atoms with Crippen molar-refractivity contribution >= 4 is 29.0 Å². The lowest BCUT2D eigenvalue weighted by atomic mass is 10.0. The molecule has 230 valence electrons. The topological polar surface area (TPSA) is 85.4 Å². The smallest absolute Gasteiger partial charge is 0.371 e. The van der Waals surface area contributed by atoms with Crippen molar-refractivity contribution in [1.82, 2.24) is 20.2 Å². The quantitative estimate of drug-likeness (QED) is 0.340. The SMILES string of the molecule is CC(C)NC(=O)[C@H]1CCC[C@H]1Nc1nc(Nc2ccc(N3CCC(N4CCCCCC4)CC3)cc2)ncc1C(F)(F)F. The molecule has 1 aromatic heterocycles. The number of aromatic nitrogens is 2. The summed E-state index contributed by atoms with van der Waals surface area (Å²) in [5.41, 5.74) is 0.887. The Hall–Kier alpha value is -3.08. The molecule has 1 aliphatic carbocycles. The standard InChI is InChI=1S/C31H44F3N7O/c1-21(2)36-29(42)25-8-7-9-27(25)38-28-26(31(32,33)34)20-35-30(39-28)37-22-10-12-23(13-11-22)41-18-14-24(15-19-41)40-16-5-3-4-6-17-40/h10-13,20-21,24-25,27H,3-9,14-19H2,1-2H3,(H,36,42)(H2,35,37,38,39)/t25-,27+/m0/s1. The second-order valence-electron chi connectivity index (χ2n) is 12.2. The molecular weight excluding hydrogens is 543 g/mol. The Bertz CT molecular complexity index is 1170. The van der Waals surface area contributed by atoms with Crippen molar-refractivity contribution in [2.45, 2.75) is 95.9 Å². The first kappa shape index (κ1) is 30.4. The molecule has 1 saturated carbocycles. The average molecular weight is 588 g/mol. The fourth-order valence-corrected chi connectivity index (χ4v) is 6.61. The van der Waals surface area contributed by atoms with Crippen LogP contribution in [0.2, 0.25) is 0 Å². The number of nitrogens with zero attached hydrogens (tertiary/aromatic N) is 4. The van der Waals surface area contributed by atoms with E-state index in [0.29, 0.717) is 24.6 Å². The summed E-state index contributed by atoms with van der Waals surface area (Å²) in [4.78, 5) is 26.0. The summed E-state index contributed by atoms with van der Waals surface area (Å²) in [5.74, 6) is -0.801. The molecule has 0 unspecified atom stereocenters. The fourth-order valence-electron chi connectivity index (χ4n) is 6.61. The van der Waals surface area contributed by atoms with Gasteiger partial charge in [-0.2, -0.15) is 18.2 Å². The molecule has 3 heterocycles. The number of carbonyl (C=O) groups is 1. The zero-order valence-corrected chi connectivity index (χ0v) is 24.7. The Balaban J connectivity index is 1.23. The fraction of sp³-hybridized carbons (Fsp3) is 0.645. The van der Waals surface area contributed by atoms with Crippen molar-refractivity contribution in [3.05, 3.63) is 36.0 Å². The second kappa shape index (κ2) is 13.5. The molecule has 2 saturated heterocycles. The van der Waals surface area contributed by atoms with E-state index in [1.54, 1.807) is 0 Å². The van der Waals surface area contributed by atoms with Gasteiger partial charge in [-0.1, -0.05) is 19.3 Å². The van der Waals surface area contributed by atoms with Crippen LogP contribution in [0.25, 0.3) is 0 Å².